The second-order valence-electron chi connectivity index (χ2n) is 7.05. The Hall–Kier alpha value is -2.24. The number of esters is 1. The molecule has 8 nitrogen and oxygen atoms in total. The van der Waals surface area contributed by atoms with Crippen molar-refractivity contribution < 1.29 is 19.0 Å². The number of ether oxygens (including phenoxy) is 3. The highest BCUT2D eigenvalue weighted by atomic mass is 79.9. The molecule has 0 spiro atoms. The van der Waals surface area contributed by atoms with Crippen molar-refractivity contribution >= 4 is 70.9 Å². The van der Waals surface area contributed by atoms with Crippen molar-refractivity contribution in [2.24, 2.45) is 5.10 Å². The van der Waals surface area contributed by atoms with Crippen LogP contribution < -0.4 is 15.0 Å². The number of hydrogen-bond donors (Lipinski definition) is 0. The Morgan fingerprint density at radius 3 is 2.59 bits per heavy atom. The molecule has 1 atom stereocenters. The Bertz CT molecular complexity index is 1320. The predicted molar refractivity (Wildman–Crippen MR) is 141 cm³/mol. The monoisotopic (exact) mass is 657 g/mol. The number of aromatic nitrogens is 2. The van der Waals surface area contributed by atoms with Gasteiger partial charge in [0, 0.05) is 14.5 Å². The molecule has 0 aliphatic heterocycles. The fourth-order valence-corrected chi connectivity index (χ4v) is 4.35. The van der Waals surface area contributed by atoms with E-state index in [4.69, 9.17) is 14.2 Å². The lowest BCUT2D eigenvalue weighted by molar-refractivity contribution is -0.150. The van der Waals surface area contributed by atoms with Crippen LogP contribution in [0.15, 0.2) is 47.6 Å². The van der Waals surface area contributed by atoms with E-state index in [0.717, 1.165) is 4.47 Å². The van der Waals surface area contributed by atoms with E-state index in [1.54, 1.807) is 39.0 Å². The molecule has 0 fully saturated rings. The maximum absolute atomic E-state index is 13.0. The molecule has 180 valence electrons. The first-order valence-corrected chi connectivity index (χ1v) is 12.8. The average molecular weight is 660 g/mol. The van der Waals surface area contributed by atoms with E-state index in [-0.39, 0.29) is 12.2 Å². The third-order valence-corrected chi connectivity index (χ3v) is 7.29. The molecule has 34 heavy (non-hydrogen) atoms. The Kier molecular flexibility index (Phi) is 8.89. The lowest BCUT2D eigenvalue weighted by Gasteiger charge is -2.19. The third-order valence-electron chi connectivity index (χ3n) is 4.65. The standard InChI is InChI=1S/C23H22Br3N3O5/c1-5-32-18-9-14(19(25)20(26)21(18)34-12(3)23(31)33-6-2)11-27-29-13(4)28-17-8-7-15(24)10-16(17)22(29)30/h7-12H,5-6H2,1-4H3/t12-/m1/s1. The molecule has 3 aromatic rings. The van der Waals surface area contributed by atoms with Crippen molar-refractivity contribution in [1.29, 1.82) is 0 Å². The molecule has 3 rings (SSSR count). The number of carbonyl (C=O) groups is 1. The zero-order valence-corrected chi connectivity index (χ0v) is 23.7. The van der Waals surface area contributed by atoms with Crippen molar-refractivity contribution in [1.82, 2.24) is 9.66 Å². The molecule has 0 N–H and O–H groups in total. The maximum Gasteiger partial charge on any atom is 0.347 e. The van der Waals surface area contributed by atoms with Crippen LogP contribution in [-0.2, 0) is 9.53 Å². The smallest absolute Gasteiger partial charge is 0.347 e. The highest BCUT2D eigenvalue weighted by Crippen LogP contribution is 2.43. The molecular weight excluding hydrogens is 638 g/mol. The molecule has 0 saturated carbocycles. The SMILES string of the molecule is CCOC(=O)[C@@H](C)Oc1c(OCC)cc(C=Nn2c(C)nc3ccc(Br)cc3c2=O)c(Br)c1Br. The van der Waals surface area contributed by atoms with E-state index in [9.17, 15) is 9.59 Å². The van der Waals surface area contributed by atoms with Gasteiger partial charge in [-0.15, -0.1) is 0 Å². The van der Waals surface area contributed by atoms with Crippen LogP contribution in [0.25, 0.3) is 10.9 Å². The molecule has 0 aliphatic carbocycles. The van der Waals surface area contributed by atoms with Gasteiger partial charge in [0.25, 0.3) is 5.56 Å². The number of benzene rings is 2. The Balaban J connectivity index is 2.04. The van der Waals surface area contributed by atoms with Gasteiger partial charge in [-0.2, -0.15) is 9.78 Å². The summed E-state index contributed by atoms with van der Waals surface area (Å²) in [5.74, 6) is 0.709. The van der Waals surface area contributed by atoms with Gasteiger partial charge in [-0.1, -0.05) is 15.9 Å². The molecule has 11 heteroatoms. The zero-order chi connectivity index (χ0) is 25.0. The second kappa shape index (κ2) is 11.5. The maximum atomic E-state index is 13.0. The van der Waals surface area contributed by atoms with E-state index in [2.05, 4.69) is 57.9 Å². The minimum absolute atomic E-state index is 0.254. The summed E-state index contributed by atoms with van der Waals surface area (Å²) in [7, 11) is 0. The summed E-state index contributed by atoms with van der Waals surface area (Å²) in [6, 6.07) is 7.03. The van der Waals surface area contributed by atoms with Crippen LogP contribution in [-0.4, -0.2) is 41.2 Å². The van der Waals surface area contributed by atoms with Gasteiger partial charge < -0.3 is 14.2 Å². The molecule has 1 heterocycles. The van der Waals surface area contributed by atoms with Crippen LogP contribution in [0.4, 0.5) is 0 Å². The van der Waals surface area contributed by atoms with Crippen LogP contribution in [0.3, 0.4) is 0 Å². The summed E-state index contributed by atoms with van der Waals surface area (Å²) >= 11 is 10.4. The largest absolute Gasteiger partial charge is 0.490 e. The van der Waals surface area contributed by atoms with Crippen molar-refractivity contribution in [2.45, 2.75) is 33.8 Å². The topological polar surface area (TPSA) is 92.0 Å². The van der Waals surface area contributed by atoms with Crippen LogP contribution in [0.2, 0.25) is 0 Å². The Morgan fingerprint density at radius 1 is 1.18 bits per heavy atom. The molecule has 0 radical (unpaired) electrons. The normalized spacial score (nSPS) is 12.2. The Labute approximate surface area is 221 Å². The summed E-state index contributed by atoms with van der Waals surface area (Å²) in [5, 5.41) is 4.83. The molecule has 0 unspecified atom stereocenters. The number of carbonyl (C=O) groups excluding carboxylic acids is 1. The molecule has 2 aromatic carbocycles. The summed E-state index contributed by atoms with van der Waals surface area (Å²) in [5.41, 5.74) is 0.924. The number of hydrogen-bond acceptors (Lipinski definition) is 7. The van der Waals surface area contributed by atoms with Gasteiger partial charge in [-0.05, 0) is 83.8 Å². The first-order chi connectivity index (χ1) is 16.2. The van der Waals surface area contributed by atoms with Crippen LogP contribution in [0.1, 0.15) is 32.2 Å². The molecule has 1 aromatic heterocycles. The van der Waals surface area contributed by atoms with Gasteiger partial charge in [0.05, 0.1) is 34.8 Å². The number of fused-ring (bicyclic) bond motifs is 1. The Morgan fingerprint density at radius 2 is 1.91 bits per heavy atom. The average Bonchev–Trinajstić information content (AvgIpc) is 2.80. The van der Waals surface area contributed by atoms with E-state index >= 15 is 0 Å². The first kappa shape index (κ1) is 26.4. The molecule has 0 aliphatic rings. The van der Waals surface area contributed by atoms with Gasteiger partial charge in [0.2, 0.25) is 0 Å². The van der Waals surface area contributed by atoms with Crippen LogP contribution in [0.5, 0.6) is 11.5 Å². The van der Waals surface area contributed by atoms with Gasteiger partial charge in [0.15, 0.2) is 17.6 Å². The lowest BCUT2D eigenvalue weighted by Crippen LogP contribution is -2.26. The quantitative estimate of drug-likeness (QED) is 0.231. The molecule has 0 amide bonds. The lowest BCUT2D eigenvalue weighted by atomic mass is 10.2. The van der Waals surface area contributed by atoms with E-state index < -0.39 is 12.1 Å². The van der Waals surface area contributed by atoms with Gasteiger partial charge in [-0.25, -0.2) is 9.78 Å². The number of nitrogens with zero attached hydrogens (tertiary/aromatic N) is 3. The fraction of sp³-hybridized carbons (Fsp3) is 0.304. The van der Waals surface area contributed by atoms with E-state index in [1.807, 2.05) is 13.0 Å². The number of halogens is 3. The third kappa shape index (κ3) is 5.69. The molecule has 0 bridgehead atoms. The summed E-state index contributed by atoms with van der Waals surface area (Å²) in [6.45, 7) is 7.51. The highest BCUT2D eigenvalue weighted by Gasteiger charge is 2.23. The van der Waals surface area contributed by atoms with Crippen LogP contribution in [0, 0.1) is 6.92 Å². The highest BCUT2D eigenvalue weighted by molar-refractivity contribution is 9.13. The van der Waals surface area contributed by atoms with Crippen molar-refractivity contribution in [3.8, 4) is 11.5 Å². The van der Waals surface area contributed by atoms with E-state index in [1.165, 1.54) is 10.9 Å². The van der Waals surface area contributed by atoms with Gasteiger partial charge in [0.1, 0.15) is 5.82 Å². The van der Waals surface area contributed by atoms with Gasteiger partial charge in [-0.3, -0.25) is 4.79 Å². The van der Waals surface area contributed by atoms with E-state index in [0.29, 0.717) is 49.3 Å². The van der Waals surface area contributed by atoms with Crippen molar-refractivity contribution in [3.05, 3.63) is 59.4 Å². The van der Waals surface area contributed by atoms with Crippen molar-refractivity contribution in [2.75, 3.05) is 13.2 Å². The van der Waals surface area contributed by atoms with Gasteiger partial charge >= 0.3 is 5.97 Å². The predicted octanol–water partition coefficient (Wildman–Crippen LogP) is 5.60. The minimum Gasteiger partial charge on any atom is -0.490 e. The summed E-state index contributed by atoms with van der Waals surface area (Å²) < 4.78 is 19.8. The summed E-state index contributed by atoms with van der Waals surface area (Å²) in [4.78, 5) is 29.5. The van der Waals surface area contributed by atoms with Crippen LogP contribution >= 0.6 is 47.8 Å². The number of rotatable bonds is 8. The number of aryl methyl sites for hydroxylation is 1. The van der Waals surface area contributed by atoms with Crippen molar-refractivity contribution in [3.63, 3.8) is 0 Å². The second-order valence-corrected chi connectivity index (χ2v) is 9.55. The fourth-order valence-electron chi connectivity index (χ4n) is 3.07. The molecular formula is C23H22Br3N3O5. The molecule has 0 saturated heterocycles. The minimum atomic E-state index is -0.842. The first-order valence-electron chi connectivity index (χ1n) is 10.4. The summed E-state index contributed by atoms with van der Waals surface area (Å²) in [6.07, 6.45) is 0.682. The zero-order valence-electron chi connectivity index (χ0n) is 18.9.